The second kappa shape index (κ2) is 6.98. The quantitative estimate of drug-likeness (QED) is 0.676. The van der Waals surface area contributed by atoms with Crippen LogP contribution in [0.5, 0.6) is 0 Å². The van der Waals surface area contributed by atoms with Gasteiger partial charge in [-0.15, -0.1) is 0 Å². The van der Waals surface area contributed by atoms with Gasteiger partial charge in [0.1, 0.15) is 0 Å². The highest BCUT2D eigenvalue weighted by Gasteiger charge is 2.09. The molecule has 0 atom stereocenters. The van der Waals surface area contributed by atoms with Crippen molar-refractivity contribution in [1.29, 1.82) is 0 Å². The summed E-state index contributed by atoms with van der Waals surface area (Å²) in [6.07, 6.45) is 0. The van der Waals surface area contributed by atoms with Gasteiger partial charge < -0.3 is 15.4 Å². The molecule has 1 fully saturated rings. The summed E-state index contributed by atoms with van der Waals surface area (Å²) >= 11 is 5.13. The molecule has 15 heavy (non-hydrogen) atoms. The smallest absolute Gasteiger partial charge is 0.166 e. The van der Waals surface area contributed by atoms with E-state index in [0.717, 1.165) is 44.5 Å². The van der Waals surface area contributed by atoms with Gasteiger partial charge in [-0.3, -0.25) is 4.90 Å². The standard InChI is InChI=1S/C10H21N3OS/c1-9(2)12-10(15)11-3-4-13-5-7-14-8-6-13/h9H,3-8H2,1-2H3,(H2,11,12,15). The van der Waals surface area contributed by atoms with Crippen molar-refractivity contribution in [1.82, 2.24) is 15.5 Å². The van der Waals surface area contributed by atoms with Crippen LogP contribution in [0.15, 0.2) is 0 Å². The second-order valence-electron chi connectivity index (χ2n) is 4.01. The Morgan fingerprint density at radius 3 is 2.67 bits per heavy atom. The maximum atomic E-state index is 5.28. The van der Waals surface area contributed by atoms with E-state index in [1.807, 2.05) is 0 Å². The minimum Gasteiger partial charge on any atom is -0.379 e. The first-order valence-corrected chi connectivity index (χ1v) is 5.94. The van der Waals surface area contributed by atoms with E-state index in [-0.39, 0.29) is 0 Å². The Morgan fingerprint density at radius 1 is 1.40 bits per heavy atom. The maximum absolute atomic E-state index is 5.28. The van der Waals surface area contributed by atoms with Gasteiger partial charge in [0.05, 0.1) is 13.2 Å². The molecule has 0 amide bonds. The highest BCUT2D eigenvalue weighted by atomic mass is 32.1. The van der Waals surface area contributed by atoms with E-state index in [0.29, 0.717) is 6.04 Å². The monoisotopic (exact) mass is 231 g/mol. The van der Waals surface area contributed by atoms with E-state index in [4.69, 9.17) is 17.0 Å². The number of hydrogen-bond donors (Lipinski definition) is 2. The molecular formula is C10H21N3OS. The van der Waals surface area contributed by atoms with Crippen molar-refractivity contribution in [3.63, 3.8) is 0 Å². The van der Waals surface area contributed by atoms with Crippen molar-refractivity contribution >= 4 is 17.3 Å². The summed E-state index contributed by atoms with van der Waals surface area (Å²) in [6.45, 7) is 9.87. The van der Waals surface area contributed by atoms with Crippen molar-refractivity contribution in [3.05, 3.63) is 0 Å². The first-order valence-electron chi connectivity index (χ1n) is 5.53. The molecule has 1 aliphatic rings. The average molecular weight is 231 g/mol. The van der Waals surface area contributed by atoms with Gasteiger partial charge in [-0.25, -0.2) is 0 Å². The van der Waals surface area contributed by atoms with E-state index in [1.54, 1.807) is 0 Å². The molecule has 1 rings (SSSR count). The third-order valence-electron chi connectivity index (χ3n) is 2.24. The highest BCUT2D eigenvalue weighted by molar-refractivity contribution is 7.80. The molecular weight excluding hydrogens is 210 g/mol. The molecule has 0 unspecified atom stereocenters. The van der Waals surface area contributed by atoms with Crippen LogP contribution < -0.4 is 10.6 Å². The lowest BCUT2D eigenvalue weighted by Gasteiger charge is -2.26. The lowest BCUT2D eigenvalue weighted by molar-refractivity contribution is 0.0389. The summed E-state index contributed by atoms with van der Waals surface area (Å²) in [5, 5.41) is 7.11. The van der Waals surface area contributed by atoms with Gasteiger partial charge in [0.15, 0.2) is 5.11 Å². The average Bonchev–Trinajstić information content (AvgIpc) is 2.18. The summed E-state index contributed by atoms with van der Waals surface area (Å²) < 4.78 is 5.28. The van der Waals surface area contributed by atoms with Gasteiger partial charge in [-0.1, -0.05) is 0 Å². The lowest BCUT2D eigenvalue weighted by Crippen LogP contribution is -2.44. The van der Waals surface area contributed by atoms with E-state index >= 15 is 0 Å². The number of hydrogen-bond acceptors (Lipinski definition) is 3. The molecule has 1 saturated heterocycles. The zero-order chi connectivity index (χ0) is 11.1. The number of nitrogens with one attached hydrogen (secondary N) is 2. The fourth-order valence-electron chi connectivity index (χ4n) is 1.47. The molecule has 0 aliphatic carbocycles. The molecule has 2 N–H and O–H groups in total. The van der Waals surface area contributed by atoms with Gasteiger partial charge in [0, 0.05) is 32.2 Å². The van der Waals surface area contributed by atoms with Crippen molar-refractivity contribution in [2.24, 2.45) is 0 Å². The number of ether oxygens (including phenoxy) is 1. The minimum atomic E-state index is 0.397. The van der Waals surface area contributed by atoms with Crippen molar-refractivity contribution < 1.29 is 4.74 Å². The Labute approximate surface area is 97.3 Å². The van der Waals surface area contributed by atoms with Gasteiger partial charge in [0.2, 0.25) is 0 Å². The third kappa shape index (κ3) is 5.92. The van der Waals surface area contributed by atoms with Crippen LogP contribution in [0, 0.1) is 0 Å². The van der Waals surface area contributed by atoms with Crippen LogP contribution in [0.2, 0.25) is 0 Å². The van der Waals surface area contributed by atoms with Crippen LogP contribution >= 0.6 is 12.2 Å². The van der Waals surface area contributed by atoms with Crippen LogP contribution in [-0.4, -0.2) is 55.4 Å². The molecule has 0 spiro atoms. The Bertz CT molecular complexity index is 193. The van der Waals surface area contributed by atoms with Gasteiger partial charge >= 0.3 is 0 Å². The predicted molar refractivity (Wildman–Crippen MR) is 66.1 cm³/mol. The zero-order valence-corrected chi connectivity index (χ0v) is 10.4. The van der Waals surface area contributed by atoms with E-state index < -0.39 is 0 Å². The Balaban J connectivity index is 2.02. The lowest BCUT2D eigenvalue weighted by atomic mass is 10.4. The molecule has 1 heterocycles. The van der Waals surface area contributed by atoms with Crippen LogP contribution in [0.25, 0.3) is 0 Å². The van der Waals surface area contributed by atoms with Crippen LogP contribution in [0.4, 0.5) is 0 Å². The van der Waals surface area contributed by atoms with Crippen LogP contribution in [0.1, 0.15) is 13.8 Å². The first kappa shape index (κ1) is 12.7. The molecule has 4 nitrogen and oxygen atoms in total. The first-order chi connectivity index (χ1) is 7.18. The molecule has 0 saturated carbocycles. The predicted octanol–water partition coefficient (Wildman–Crippen LogP) is 0.191. The Morgan fingerprint density at radius 2 is 2.07 bits per heavy atom. The number of rotatable bonds is 4. The molecule has 0 aromatic carbocycles. The molecule has 0 radical (unpaired) electrons. The van der Waals surface area contributed by atoms with Gasteiger partial charge in [-0.2, -0.15) is 0 Å². The van der Waals surface area contributed by atoms with E-state index in [9.17, 15) is 0 Å². The second-order valence-corrected chi connectivity index (χ2v) is 4.42. The number of morpholine rings is 1. The molecule has 1 aliphatic heterocycles. The summed E-state index contributed by atoms with van der Waals surface area (Å²) in [6, 6.07) is 0.397. The van der Waals surface area contributed by atoms with Crippen LogP contribution in [-0.2, 0) is 4.74 Å². The maximum Gasteiger partial charge on any atom is 0.166 e. The summed E-state index contributed by atoms with van der Waals surface area (Å²) in [4.78, 5) is 2.38. The van der Waals surface area contributed by atoms with Crippen molar-refractivity contribution in [3.8, 4) is 0 Å². The largest absolute Gasteiger partial charge is 0.379 e. The van der Waals surface area contributed by atoms with Crippen LogP contribution in [0.3, 0.4) is 0 Å². The third-order valence-corrected chi connectivity index (χ3v) is 2.50. The van der Waals surface area contributed by atoms with Gasteiger partial charge in [-0.05, 0) is 26.1 Å². The molecule has 0 aromatic heterocycles. The molecule has 5 heteroatoms. The van der Waals surface area contributed by atoms with E-state index in [2.05, 4.69) is 29.4 Å². The number of thiocarbonyl (C=S) groups is 1. The van der Waals surface area contributed by atoms with E-state index in [1.165, 1.54) is 0 Å². The number of nitrogens with zero attached hydrogens (tertiary/aromatic N) is 1. The van der Waals surface area contributed by atoms with Crippen molar-refractivity contribution in [2.75, 3.05) is 39.4 Å². The Hall–Kier alpha value is -0.390. The summed E-state index contributed by atoms with van der Waals surface area (Å²) in [7, 11) is 0. The summed E-state index contributed by atoms with van der Waals surface area (Å²) in [5.41, 5.74) is 0. The summed E-state index contributed by atoms with van der Waals surface area (Å²) in [5.74, 6) is 0. The van der Waals surface area contributed by atoms with Crippen molar-refractivity contribution in [2.45, 2.75) is 19.9 Å². The molecule has 0 aromatic rings. The topological polar surface area (TPSA) is 36.5 Å². The fraction of sp³-hybridized carbons (Fsp3) is 0.900. The Kier molecular flexibility index (Phi) is 5.90. The van der Waals surface area contributed by atoms with Gasteiger partial charge in [0.25, 0.3) is 0 Å². The molecule has 0 bridgehead atoms. The zero-order valence-electron chi connectivity index (χ0n) is 9.58. The SMILES string of the molecule is CC(C)NC(=S)NCCN1CCOCC1. The minimum absolute atomic E-state index is 0.397. The fourth-order valence-corrected chi connectivity index (χ4v) is 1.80. The molecule has 88 valence electrons. The normalized spacial score (nSPS) is 17.8. The highest BCUT2D eigenvalue weighted by Crippen LogP contribution is 1.94.